The predicted octanol–water partition coefficient (Wildman–Crippen LogP) is 3.14. The topological polar surface area (TPSA) is 92.9 Å². The first-order chi connectivity index (χ1) is 11.9. The molecule has 2 aromatic rings. The van der Waals surface area contributed by atoms with E-state index < -0.39 is 16.4 Å². The van der Waals surface area contributed by atoms with Crippen LogP contribution in [0.2, 0.25) is 0 Å². The molecule has 0 aliphatic rings. The monoisotopic (exact) mass is 342 g/mol. The van der Waals surface area contributed by atoms with E-state index in [2.05, 4.69) is 6.58 Å². The number of carbonyl (C=O) groups is 1. The Kier molecular flexibility index (Phi) is 5.73. The Labute approximate surface area is 144 Å². The van der Waals surface area contributed by atoms with Crippen LogP contribution in [0.4, 0.5) is 5.69 Å². The maximum atomic E-state index is 12.4. The normalized spacial score (nSPS) is 10.1. The smallest absolute Gasteiger partial charge is 0.310 e. The zero-order valence-electron chi connectivity index (χ0n) is 13.7. The molecule has 0 atom stereocenters. The van der Waals surface area contributed by atoms with E-state index in [-0.39, 0.29) is 11.5 Å². The Hall–Kier alpha value is -3.35. The van der Waals surface area contributed by atoms with Gasteiger partial charge in [0.2, 0.25) is 0 Å². The van der Waals surface area contributed by atoms with Crippen LogP contribution in [0.1, 0.15) is 15.9 Å². The molecule has 1 amide bonds. The number of hydrogen-bond acceptors (Lipinski definition) is 5. The summed E-state index contributed by atoms with van der Waals surface area (Å²) >= 11 is 0. The second kappa shape index (κ2) is 7.96. The number of ether oxygens (including phenoxy) is 1. The highest BCUT2D eigenvalue weighted by Crippen LogP contribution is 2.26. The average molecular weight is 342 g/mol. The molecule has 0 fully saturated rings. The van der Waals surface area contributed by atoms with E-state index >= 15 is 0 Å². The van der Waals surface area contributed by atoms with Gasteiger partial charge in [-0.25, -0.2) is 0 Å². The summed E-state index contributed by atoms with van der Waals surface area (Å²) in [7, 11) is 1.61. The number of phenolic OH excluding ortho intramolecular Hbond substituents is 1. The van der Waals surface area contributed by atoms with Crippen molar-refractivity contribution in [2.75, 3.05) is 13.7 Å². The van der Waals surface area contributed by atoms with Gasteiger partial charge in [0.25, 0.3) is 5.91 Å². The second-order valence-corrected chi connectivity index (χ2v) is 5.37. The van der Waals surface area contributed by atoms with Crippen molar-refractivity contribution in [3.63, 3.8) is 0 Å². The van der Waals surface area contributed by atoms with Gasteiger partial charge < -0.3 is 14.7 Å². The molecule has 2 aromatic carbocycles. The molecule has 0 aliphatic carbocycles. The first-order valence-electron chi connectivity index (χ1n) is 7.48. The number of phenols is 1. The summed E-state index contributed by atoms with van der Waals surface area (Å²) in [5, 5.41) is 20.4. The summed E-state index contributed by atoms with van der Waals surface area (Å²) in [6.45, 7) is 4.34. The maximum absolute atomic E-state index is 12.4. The molecule has 7 nitrogen and oxygen atoms in total. The third kappa shape index (κ3) is 4.57. The van der Waals surface area contributed by atoms with Crippen molar-refractivity contribution in [2.24, 2.45) is 0 Å². The summed E-state index contributed by atoms with van der Waals surface area (Å²) in [6, 6.07) is 10.8. The molecule has 0 aliphatic heterocycles. The molecule has 0 bridgehead atoms. The van der Waals surface area contributed by atoms with Crippen LogP contribution in [0.3, 0.4) is 0 Å². The highest BCUT2D eigenvalue weighted by molar-refractivity contribution is 5.94. The van der Waals surface area contributed by atoms with Gasteiger partial charge in [-0.2, -0.15) is 0 Å². The largest absolute Gasteiger partial charge is 0.502 e. The number of rotatable bonds is 7. The lowest BCUT2D eigenvalue weighted by Gasteiger charge is -2.17. The molecule has 0 spiro atoms. The SMILES string of the molecule is C=CCOc1ccc(CN(C)C(=O)c2ccc([N+](=O)[O-])c(O)c2)cc1. The lowest BCUT2D eigenvalue weighted by atomic mass is 10.1. The van der Waals surface area contributed by atoms with Gasteiger partial charge >= 0.3 is 5.69 Å². The Bertz CT molecular complexity index is 787. The Morgan fingerprint density at radius 3 is 2.56 bits per heavy atom. The number of carbonyl (C=O) groups excluding carboxylic acids is 1. The van der Waals surface area contributed by atoms with Gasteiger partial charge in [0.05, 0.1) is 4.92 Å². The minimum atomic E-state index is -0.705. The van der Waals surface area contributed by atoms with Crippen LogP contribution in [0, 0.1) is 10.1 Å². The number of nitro groups is 1. The fraction of sp³-hybridized carbons (Fsp3) is 0.167. The molecule has 2 rings (SSSR count). The molecule has 0 saturated carbocycles. The summed E-state index contributed by atoms with van der Waals surface area (Å²) in [5.74, 6) is -0.178. The molecule has 130 valence electrons. The van der Waals surface area contributed by atoms with Crippen molar-refractivity contribution in [1.29, 1.82) is 0 Å². The van der Waals surface area contributed by atoms with Crippen LogP contribution in [0.25, 0.3) is 0 Å². The van der Waals surface area contributed by atoms with Gasteiger partial charge in [-0.3, -0.25) is 14.9 Å². The van der Waals surface area contributed by atoms with Gasteiger partial charge in [-0.15, -0.1) is 0 Å². The van der Waals surface area contributed by atoms with Gasteiger partial charge in [0.1, 0.15) is 12.4 Å². The molecule has 7 heteroatoms. The lowest BCUT2D eigenvalue weighted by Crippen LogP contribution is -2.26. The van der Waals surface area contributed by atoms with Crippen molar-refractivity contribution in [2.45, 2.75) is 6.54 Å². The van der Waals surface area contributed by atoms with E-state index in [1.165, 1.54) is 11.0 Å². The molecule has 1 N–H and O–H groups in total. The Balaban J connectivity index is 2.06. The molecule has 0 radical (unpaired) electrons. The third-order valence-corrected chi connectivity index (χ3v) is 3.48. The summed E-state index contributed by atoms with van der Waals surface area (Å²) in [4.78, 5) is 23.9. The molecule has 25 heavy (non-hydrogen) atoms. The van der Waals surface area contributed by atoms with E-state index in [1.54, 1.807) is 25.3 Å². The molecular formula is C18H18N2O5. The quantitative estimate of drug-likeness (QED) is 0.474. The van der Waals surface area contributed by atoms with Crippen LogP contribution < -0.4 is 4.74 Å². The third-order valence-electron chi connectivity index (χ3n) is 3.48. The number of nitro benzene ring substituents is 1. The first-order valence-corrected chi connectivity index (χ1v) is 7.48. The van der Waals surface area contributed by atoms with Crippen LogP contribution >= 0.6 is 0 Å². The van der Waals surface area contributed by atoms with E-state index in [4.69, 9.17) is 4.74 Å². The molecule has 0 aromatic heterocycles. The average Bonchev–Trinajstić information content (AvgIpc) is 2.60. The van der Waals surface area contributed by atoms with Gasteiger partial charge in [-0.05, 0) is 29.8 Å². The Morgan fingerprint density at radius 2 is 2.00 bits per heavy atom. The fourth-order valence-corrected chi connectivity index (χ4v) is 2.22. The van der Waals surface area contributed by atoms with Crippen molar-refractivity contribution >= 4 is 11.6 Å². The molecule has 0 unspecified atom stereocenters. The van der Waals surface area contributed by atoms with Crippen molar-refractivity contribution < 1.29 is 19.6 Å². The summed E-state index contributed by atoms with van der Waals surface area (Å²) in [6.07, 6.45) is 1.65. The molecule has 0 heterocycles. The standard InChI is InChI=1S/C18H18N2O5/c1-3-10-25-15-7-4-13(5-8-15)12-19(2)18(22)14-6-9-16(20(23)24)17(21)11-14/h3-9,11,21H,1,10,12H2,2H3. The van der Waals surface area contributed by atoms with E-state index in [0.29, 0.717) is 18.9 Å². The zero-order chi connectivity index (χ0) is 18.4. The maximum Gasteiger partial charge on any atom is 0.310 e. The number of aromatic hydroxyl groups is 1. The highest BCUT2D eigenvalue weighted by atomic mass is 16.6. The van der Waals surface area contributed by atoms with E-state index in [9.17, 15) is 20.0 Å². The minimum absolute atomic E-state index is 0.177. The van der Waals surface area contributed by atoms with Gasteiger partial charge in [0, 0.05) is 25.2 Å². The van der Waals surface area contributed by atoms with Crippen LogP contribution in [0.5, 0.6) is 11.5 Å². The number of amides is 1. The van der Waals surface area contributed by atoms with Crippen molar-refractivity contribution in [3.05, 3.63) is 76.4 Å². The molecule has 0 saturated heterocycles. The van der Waals surface area contributed by atoms with Crippen molar-refractivity contribution in [1.82, 2.24) is 4.90 Å². The highest BCUT2D eigenvalue weighted by Gasteiger charge is 2.18. The Morgan fingerprint density at radius 1 is 1.32 bits per heavy atom. The zero-order valence-corrected chi connectivity index (χ0v) is 13.7. The fourth-order valence-electron chi connectivity index (χ4n) is 2.22. The predicted molar refractivity (Wildman–Crippen MR) is 92.7 cm³/mol. The number of benzene rings is 2. The number of hydrogen-bond donors (Lipinski definition) is 1. The molecular weight excluding hydrogens is 324 g/mol. The van der Waals surface area contributed by atoms with Gasteiger partial charge in [-0.1, -0.05) is 24.8 Å². The second-order valence-electron chi connectivity index (χ2n) is 5.37. The van der Waals surface area contributed by atoms with E-state index in [1.807, 2.05) is 12.1 Å². The van der Waals surface area contributed by atoms with E-state index in [0.717, 1.165) is 17.7 Å². The van der Waals surface area contributed by atoms with Crippen LogP contribution in [0.15, 0.2) is 55.1 Å². The lowest BCUT2D eigenvalue weighted by molar-refractivity contribution is -0.385. The first kappa shape index (κ1) is 18.0. The van der Waals surface area contributed by atoms with Crippen LogP contribution in [-0.2, 0) is 6.54 Å². The number of nitrogens with zero attached hydrogens (tertiary/aromatic N) is 2. The van der Waals surface area contributed by atoms with Crippen molar-refractivity contribution in [3.8, 4) is 11.5 Å². The van der Waals surface area contributed by atoms with Gasteiger partial charge in [0.15, 0.2) is 5.75 Å². The minimum Gasteiger partial charge on any atom is -0.502 e. The summed E-state index contributed by atoms with van der Waals surface area (Å²) in [5.41, 5.74) is 0.638. The van der Waals surface area contributed by atoms with Crippen LogP contribution in [-0.4, -0.2) is 34.5 Å². The summed E-state index contributed by atoms with van der Waals surface area (Å²) < 4.78 is 5.39.